The third kappa shape index (κ3) is 5.17. The molecule has 2 aromatic carbocycles. The predicted molar refractivity (Wildman–Crippen MR) is 111 cm³/mol. The molecule has 3 N–H and O–H groups in total. The number of ether oxygens (including phenoxy) is 1. The van der Waals surface area contributed by atoms with E-state index in [0.717, 1.165) is 12.3 Å². The van der Waals surface area contributed by atoms with Gasteiger partial charge in [0.05, 0.1) is 26.7 Å². The van der Waals surface area contributed by atoms with Crippen molar-refractivity contribution in [1.29, 1.82) is 0 Å². The molecule has 0 amide bonds. The van der Waals surface area contributed by atoms with Crippen molar-refractivity contribution >= 4 is 23.0 Å². The Labute approximate surface area is 165 Å². The van der Waals surface area contributed by atoms with E-state index in [-0.39, 0.29) is 5.82 Å². The van der Waals surface area contributed by atoms with Crippen LogP contribution in [0, 0.1) is 12.7 Å². The number of methoxy groups -OCH3 is 1. The lowest BCUT2D eigenvalue weighted by Crippen LogP contribution is -3.11. The van der Waals surface area contributed by atoms with Gasteiger partial charge in [-0.25, -0.2) is 4.39 Å². The SMILES string of the molecule is COc1ccc([C@H](CNC(=S)Nc2ccc(C)c(F)c2)[NH+]2CCCC2)cc1. The van der Waals surface area contributed by atoms with E-state index >= 15 is 0 Å². The molecule has 1 heterocycles. The fourth-order valence-electron chi connectivity index (χ4n) is 3.55. The molecule has 3 rings (SSSR count). The van der Waals surface area contributed by atoms with E-state index in [4.69, 9.17) is 17.0 Å². The maximum absolute atomic E-state index is 13.7. The number of quaternary nitrogens is 1. The molecular weight excluding hydrogens is 361 g/mol. The minimum Gasteiger partial charge on any atom is -0.497 e. The van der Waals surface area contributed by atoms with Gasteiger partial charge in [-0.3, -0.25) is 0 Å². The van der Waals surface area contributed by atoms with Gasteiger partial charge in [0.15, 0.2) is 5.11 Å². The van der Waals surface area contributed by atoms with Crippen molar-refractivity contribution in [2.45, 2.75) is 25.8 Å². The first-order valence-corrected chi connectivity index (χ1v) is 9.77. The fourth-order valence-corrected chi connectivity index (χ4v) is 3.75. The Bertz CT molecular complexity index is 775. The highest BCUT2D eigenvalue weighted by Gasteiger charge is 2.27. The van der Waals surface area contributed by atoms with Gasteiger partial charge in [0.25, 0.3) is 0 Å². The maximum atomic E-state index is 13.7. The largest absolute Gasteiger partial charge is 0.497 e. The second-order valence-electron chi connectivity index (χ2n) is 6.99. The average molecular weight is 389 g/mol. The van der Waals surface area contributed by atoms with Crippen LogP contribution in [-0.2, 0) is 0 Å². The summed E-state index contributed by atoms with van der Waals surface area (Å²) in [5.74, 6) is 0.626. The van der Waals surface area contributed by atoms with Crippen molar-refractivity contribution < 1.29 is 14.0 Å². The molecule has 2 aromatic rings. The molecule has 1 fully saturated rings. The number of likely N-dealkylation sites (tertiary alicyclic amines) is 1. The molecule has 4 nitrogen and oxygen atoms in total. The van der Waals surface area contributed by atoms with Gasteiger partial charge in [0, 0.05) is 24.1 Å². The number of aryl methyl sites for hydroxylation is 1. The number of rotatable bonds is 6. The lowest BCUT2D eigenvalue weighted by Gasteiger charge is -2.26. The number of halogens is 1. The Hall–Kier alpha value is -2.18. The highest BCUT2D eigenvalue weighted by atomic mass is 32.1. The molecule has 6 heteroatoms. The van der Waals surface area contributed by atoms with Gasteiger partial charge >= 0.3 is 0 Å². The van der Waals surface area contributed by atoms with Gasteiger partial charge < -0.3 is 20.3 Å². The molecule has 1 aliphatic rings. The van der Waals surface area contributed by atoms with Crippen LogP contribution in [0.25, 0.3) is 0 Å². The molecule has 0 unspecified atom stereocenters. The zero-order valence-corrected chi connectivity index (χ0v) is 16.7. The van der Waals surface area contributed by atoms with Gasteiger partial charge in [0.1, 0.15) is 17.6 Å². The number of hydrogen-bond acceptors (Lipinski definition) is 2. The number of thiocarbonyl (C=S) groups is 1. The highest BCUT2D eigenvalue weighted by Crippen LogP contribution is 2.17. The van der Waals surface area contributed by atoms with Gasteiger partial charge in [-0.15, -0.1) is 0 Å². The summed E-state index contributed by atoms with van der Waals surface area (Å²) in [6.45, 7) is 4.80. The molecular formula is C21H27FN3OS+. The van der Waals surface area contributed by atoms with Crippen LogP contribution in [0.2, 0.25) is 0 Å². The van der Waals surface area contributed by atoms with Crippen molar-refractivity contribution in [3.63, 3.8) is 0 Å². The standard InChI is InChI=1S/C21H26FN3OS/c1-15-5-8-17(13-19(15)22)24-21(27)23-14-20(25-11-3-4-12-25)16-6-9-18(26-2)10-7-16/h5-10,13,20H,3-4,11-12,14H2,1-2H3,(H2,23,24,27)/p+1/t20-/m0/s1. The predicted octanol–water partition coefficient (Wildman–Crippen LogP) is 2.85. The normalized spacial score (nSPS) is 15.4. The molecule has 0 spiro atoms. The zero-order valence-electron chi connectivity index (χ0n) is 15.8. The van der Waals surface area contributed by atoms with Crippen LogP contribution in [0.4, 0.5) is 10.1 Å². The summed E-state index contributed by atoms with van der Waals surface area (Å²) in [7, 11) is 1.68. The van der Waals surface area contributed by atoms with E-state index in [1.54, 1.807) is 25.0 Å². The van der Waals surface area contributed by atoms with Crippen molar-refractivity contribution in [3.05, 3.63) is 59.4 Å². The first-order valence-electron chi connectivity index (χ1n) is 9.36. The summed E-state index contributed by atoms with van der Waals surface area (Å²) in [6, 6.07) is 13.6. The summed E-state index contributed by atoms with van der Waals surface area (Å²) < 4.78 is 19.0. The Morgan fingerprint density at radius 2 is 1.89 bits per heavy atom. The van der Waals surface area contributed by atoms with E-state index in [9.17, 15) is 4.39 Å². The summed E-state index contributed by atoms with van der Waals surface area (Å²) >= 11 is 5.42. The number of hydrogen-bond donors (Lipinski definition) is 3. The topological polar surface area (TPSA) is 37.7 Å². The van der Waals surface area contributed by atoms with Crippen molar-refractivity contribution in [3.8, 4) is 5.75 Å². The molecule has 1 atom stereocenters. The third-order valence-electron chi connectivity index (χ3n) is 5.15. The first kappa shape index (κ1) is 19.6. The minimum absolute atomic E-state index is 0.236. The monoisotopic (exact) mass is 388 g/mol. The van der Waals surface area contributed by atoms with Crippen LogP contribution in [0.15, 0.2) is 42.5 Å². The molecule has 1 aliphatic heterocycles. The van der Waals surface area contributed by atoms with E-state index in [2.05, 4.69) is 22.8 Å². The van der Waals surface area contributed by atoms with Crippen molar-refractivity contribution in [1.82, 2.24) is 5.32 Å². The Balaban J connectivity index is 1.64. The lowest BCUT2D eigenvalue weighted by atomic mass is 10.1. The van der Waals surface area contributed by atoms with Gasteiger partial charge in [-0.2, -0.15) is 0 Å². The van der Waals surface area contributed by atoms with E-state index in [1.165, 1.54) is 37.6 Å². The van der Waals surface area contributed by atoms with Gasteiger partial charge in [0.2, 0.25) is 0 Å². The Kier molecular flexibility index (Phi) is 6.63. The molecule has 0 bridgehead atoms. The van der Waals surface area contributed by atoms with Gasteiger partial charge in [-0.1, -0.05) is 6.07 Å². The molecule has 0 radical (unpaired) electrons. The lowest BCUT2D eigenvalue weighted by molar-refractivity contribution is -0.918. The average Bonchev–Trinajstić information content (AvgIpc) is 3.20. The minimum atomic E-state index is -0.236. The van der Waals surface area contributed by atoms with Crippen molar-refractivity contribution in [2.24, 2.45) is 0 Å². The Morgan fingerprint density at radius 1 is 1.19 bits per heavy atom. The van der Waals surface area contributed by atoms with Crippen LogP contribution < -0.4 is 20.3 Å². The van der Waals surface area contributed by atoms with E-state index < -0.39 is 0 Å². The maximum Gasteiger partial charge on any atom is 0.171 e. The first-order chi connectivity index (χ1) is 13.1. The van der Waals surface area contributed by atoms with Crippen molar-refractivity contribution in [2.75, 3.05) is 32.1 Å². The van der Waals surface area contributed by atoms with E-state index in [0.29, 0.717) is 22.4 Å². The smallest absolute Gasteiger partial charge is 0.171 e. The summed E-state index contributed by atoms with van der Waals surface area (Å²) in [5.41, 5.74) is 2.55. The molecule has 144 valence electrons. The molecule has 1 saturated heterocycles. The zero-order chi connectivity index (χ0) is 19.2. The van der Waals surface area contributed by atoms with Crippen LogP contribution in [-0.4, -0.2) is 31.9 Å². The van der Waals surface area contributed by atoms with Crippen LogP contribution in [0.3, 0.4) is 0 Å². The second kappa shape index (κ2) is 9.15. The highest BCUT2D eigenvalue weighted by molar-refractivity contribution is 7.80. The molecule has 27 heavy (non-hydrogen) atoms. The summed E-state index contributed by atoms with van der Waals surface area (Å²) in [5, 5.41) is 6.90. The summed E-state index contributed by atoms with van der Waals surface area (Å²) in [4.78, 5) is 1.57. The van der Waals surface area contributed by atoms with Crippen LogP contribution in [0.5, 0.6) is 5.75 Å². The number of anilines is 1. The summed E-state index contributed by atoms with van der Waals surface area (Å²) in [6.07, 6.45) is 2.51. The van der Waals surface area contributed by atoms with Gasteiger partial charge in [-0.05, 0) is 61.1 Å². The number of benzene rings is 2. The number of nitrogens with one attached hydrogen (secondary N) is 3. The van der Waals surface area contributed by atoms with Crippen LogP contribution in [0.1, 0.15) is 30.0 Å². The quantitative estimate of drug-likeness (QED) is 0.666. The fraction of sp³-hybridized carbons (Fsp3) is 0.381. The Morgan fingerprint density at radius 3 is 2.52 bits per heavy atom. The molecule has 0 saturated carbocycles. The molecule has 0 aliphatic carbocycles. The molecule has 0 aromatic heterocycles. The second-order valence-corrected chi connectivity index (χ2v) is 7.40. The third-order valence-corrected chi connectivity index (χ3v) is 5.40. The van der Waals surface area contributed by atoms with Crippen LogP contribution >= 0.6 is 12.2 Å². The van der Waals surface area contributed by atoms with E-state index in [1.807, 2.05) is 18.2 Å².